The van der Waals surface area contributed by atoms with Crippen LogP contribution in [0.3, 0.4) is 0 Å². The third-order valence-electron chi connectivity index (χ3n) is 4.18. The van der Waals surface area contributed by atoms with E-state index in [-0.39, 0.29) is 5.91 Å². The highest BCUT2D eigenvalue weighted by Gasteiger charge is 2.12. The zero-order valence-corrected chi connectivity index (χ0v) is 14.4. The Bertz CT molecular complexity index is 697. The van der Waals surface area contributed by atoms with Crippen molar-refractivity contribution in [1.29, 1.82) is 0 Å². The summed E-state index contributed by atoms with van der Waals surface area (Å²) in [5, 5.41) is 2.94. The van der Waals surface area contributed by atoms with Gasteiger partial charge in [0.15, 0.2) is 0 Å². The Morgan fingerprint density at radius 3 is 2.68 bits per heavy atom. The van der Waals surface area contributed by atoms with Gasteiger partial charge in [-0.25, -0.2) is 4.98 Å². The molecule has 1 aromatic carbocycles. The van der Waals surface area contributed by atoms with Crippen LogP contribution in [0.2, 0.25) is 0 Å². The Morgan fingerprint density at radius 1 is 1.20 bits per heavy atom. The molecule has 1 aliphatic heterocycles. The molecule has 2 heterocycles. The molecular weight excluding hydrogens is 318 g/mol. The molecule has 1 aliphatic rings. The Hall–Kier alpha value is -2.44. The Morgan fingerprint density at radius 2 is 1.96 bits per heavy atom. The number of rotatable bonds is 6. The van der Waals surface area contributed by atoms with Crippen molar-refractivity contribution in [2.75, 3.05) is 46.5 Å². The molecule has 0 radical (unpaired) electrons. The highest BCUT2D eigenvalue weighted by molar-refractivity contribution is 5.92. The van der Waals surface area contributed by atoms with Gasteiger partial charge < -0.3 is 14.8 Å². The zero-order valence-electron chi connectivity index (χ0n) is 14.4. The summed E-state index contributed by atoms with van der Waals surface area (Å²) in [6.07, 6.45) is 0. The van der Waals surface area contributed by atoms with Crippen LogP contribution in [0.15, 0.2) is 42.5 Å². The lowest BCUT2D eigenvalue weighted by Crippen LogP contribution is -2.41. The number of hydrogen-bond donors (Lipinski definition) is 1. The minimum absolute atomic E-state index is 0.149. The van der Waals surface area contributed by atoms with Gasteiger partial charge in [-0.3, -0.25) is 9.69 Å². The molecule has 1 fully saturated rings. The van der Waals surface area contributed by atoms with Crippen molar-refractivity contribution in [3.63, 3.8) is 0 Å². The van der Waals surface area contributed by atoms with Crippen LogP contribution in [-0.4, -0.2) is 62.3 Å². The SMILES string of the molecule is COc1ccc(-c2cccc(C(=O)NCCN3CCOCC3)n2)cc1. The summed E-state index contributed by atoms with van der Waals surface area (Å²) in [6.45, 7) is 4.79. The fraction of sp³-hybridized carbons (Fsp3) is 0.368. The fourth-order valence-electron chi connectivity index (χ4n) is 2.73. The van der Waals surface area contributed by atoms with Gasteiger partial charge in [0.05, 0.1) is 26.0 Å². The van der Waals surface area contributed by atoms with Crippen LogP contribution in [0.5, 0.6) is 5.75 Å². The Labute approximate surface area is 147 Å². The van der Waals surface area contributed by atoms with Crippen molar-refractivity contribution in [3.05, 3.63) is 48.2 Å². The molecule has 0 spiro atoms. The Balaban J connectivity index is 1.58. The number of benzene rings is 1. The standard InChI is InChI=1S/C19H23N3O3/c1-24-16-7-5-15(6-8-16)17-3-2-4-18(21-17)19(23)20-9-10-22-11-13-25-14-12-22/h2-8H,9-14H2,1H3,(H,20,23). The first-order valence-corrected chi connectivity index (χ1v) is 8.46. The minimum atomic E-state index is -0.149. The molecule has 1 saturated heterocycles. The molecule has 3 rings (SSSR count). The molecular formula is C19H23N3O3. The number of hydrogen-bond acceptors (Lipinski definition) is 5. The number of carbonyl (C=O) groups is 1. The second kappa shape index (κ2) is 8.60. The minimum Gasteiger partial charge on any atom is -0.497 e. The van der Waals surface area contributed by atoms with Gasteiger partial charge in [0.1, 0.15) is 11.4 Å². The van der Waals surface area contributed by atoms with E-state index in [1.54, 1.807) is 13.2 Å². The first-order valence-electron chi connectivity index (χ1n) is 8.46. The van der Waals surface area contributed by atoms with Crippen LogP contribution in [0.1, 0.15) is 10.5 Å². The van der Waals surface area contributed by atoms with Crippen LogP contribution in [0.25, 0.3) is 11.3 Å². The van der Waals surface area contributed by atoms with Gasteiger partial charge in [-0.2, -0.15) is 0 Å². The Kier molecular flexibility index (Phi) is 5.98. The second-order valence-electron chi connectivity index (χ2n) is 5.85. The van der Waals surface area contributed by atoms with Crippen molar-refractivity contribution in [3.8, 4) is 17.0 Å². The number of nitrogens with one attached hydrogen (secondary N) is 1. The maximum Gasteiger partial charge on any atom is 0.269 e. The molecule has 6 heteroatoms. The first-order chi connectivity index (χ1) is 12.3. The van der Waals surface area contributed by atoms with Crippen LogP contribution in [0, 0.1) is 0 Å². The number of methoxy groups -OCH3 is 1. The van der Waals surface area contributed by atoms with Gasteiger partial charge in [-0.15, -0.1) is 0 Å². The number of ether oxygens (including phenoxy) is 2. The molecule has 132 valence electrons. The quantitative estimate of drug-likeness (QED) is 0.868. The van der Waals surface area contributed by atoms with Gasteiger partial charge in [0, 0.05) is 31.7 Å². The highest BCUT2D eigenvalue weighted by Crippen LogP contribution is 2.20. The summed E-state index contributed by atoms with van der Waals surface area (Å²) in [7, 11) is 1.63. The lowest BCUT2D eigenvalue weighted by Gasteiger charge is -2.26. The van der Waals surface area contributed by atoms with Gasteiger partial charge >= 0.3 is 0 Å². The number of amides is 1. The van der Waals surface area contributed by atoms with E-state index in [4.69, 9.17) is 9.47 Å². The molecule has 25 heavy (non-hydrogen) atoms. The summed E-state index contributed by atoms with van der Waals surface area (Å²) < 4.78 is 10.5. The number of carbonyl (C=O) groups excluding carboxylic acids is 1. The van der Waals surface area contributed by atoms with E-state index in [2.05, 4.69) is 15.2 Å². The van der Waals surface area contributed by atoms with Crippen molar-refractivity contribution in [1.82, 2.24) is 15.2 Å². The van der Waals surface area contributed by atoms with Crippen LogP contribution in [-0.2, 0) is 4.74 Å². The lowest BCUT2D eigenvalue weighted by atomic mass is 10.1. The van der Waals surface area contributed by atoms with E-state index in [1.165, 1.54) is 0 Å². The molecule has 2 aromatic rings. The number of aromatic nitrogens is 1. The summed E-state index contributed by atoms with van der Waals surface area (Å²) >= 11 is 0. The van der Waals surface area contributed by atoms with Crippen LogP contribution < -0.4 is 10.1 Å². The number of morpholine rings is 1. The topological polar surface area (TPSA) is 63.7 Å². The maximum absolute atomic E-state index is 12.3. The average molecular weight is 341 g/mol. The maximum atomic E-state index is 12.3. The average Bonchev–Trinajstić information content (AvgIpc) is 2.69. The predicted molar refractivity (Wildman–Crippen MR) is 95.8 cm³/mol. The molecule has 0 bridgehead atoms. The molecule has 0 unspecified atom stereocenters. The van der Waals surface area contributed by atoms with Gasteiger partial charge in [0.2, 0.25) is 0 Å². The monoisotopic (exact) mass is 341 g/mol. The summed E-state index contributed by atoms with van der Waals surface area (Å²) in [5.74, 6) is 0.643. The smallest absolute Gasteiger partial charge is 0.269 e. The molecule has 1 N–H and O–H groups in total. The molecule has 0 saturated carbocycles. The van der Waals surface area contributed by atoms with Crippen molar-refractivity contribution < 1.29 is 14.3 Å². The third-order valence-corrected chi connectivity index (χ3v) is 4.18. The second-order valence-corrected chi connectivity index (χ2v) is 5.85. The highest BCUT2D eigenvalue weighted by atomic mass is 16.5. The van der Waals surface area contributed by atoms with Gasteiger partial charge in [0.25, 0.3) is 5.91 Å². The van der Waals surface area contributed by atoms with E-state index in [9.17, 15) is 4.79 Å². The number of pyridine rings is 1. The van der Waals surface area contributed by atoms with E-state index < -0.39 is 0 Å². The molecule has 0 atom stereocenters. The third kappa shape index (κ3) is 4.78. The predicted octanol–water partition coefficient (Wildman–Crippen LogP) is 1.82. The molecule has 0 aliphatic carbocycles. The number of nitrogens with zero attached hydrogens (tertiary/aromatic N) is 2. The van der Waals surface area contributed by atoms with E-state index >= 15 is 0 Å². The molecule has 1 amide bonds. The molecule has 1 aromatic heterocycles. The zero-order chi connectivity index (χ0) is 17.5. The summed E-state index contributed by atoms with van der Waals surface area (Å²) in [5.41, 5.74) is 2.14. The van der Waals surface area contributed by atoms with E-state index in [0.29, 0.717) is 12.2 Å². The lowest BCUT2D eigenvalue weighted by molar-refractivity contribution is 0.0383. The van der Waals surface area contributed by atoms with Crippen molar-refractivity contribution in [2.45, 2.75) is 0 Å². The van der Waals surface area contributed by atoms with Crippen molar-refractivity contribution in [2.24, 2.45) is 0 Å². The van der Waals surface area contributed by atoms with Gasteiger partial charge in [-0.1, -0.05) is 6.07 Å². The normalized spacial score (nSPS) is 14.9. The summed E-state index contributed by atoms with van der Waals surface area (Å²) in [4.78, 5) is 19.1. The van der Waals surface area contributed by atoms with E-state index in [0.717, 1.165) is 49.9 Å². The summed E-state index contributed by atoms with van der Waals surface area (Å²) in [6, 6.07) is 13.1. The fourth-order valence-corrected chi connectivity index (χ4v) is 2.73. The van der Waals surface area contributed by atoms with Crippen LogP contribution >= 0.6 is 0 Å². The first kappa shape index (κ1) is 17.4. The van der Waals surface area contributed by atoms with Gasteiger partial charge in [-0.05, 0) is 36.4 Å². The largest absolute Gasteiger partial charge is 0.497 e. The van der Waals surface area contributed by atoms with Crippen LogP contribution in [0.4, 0.5) is 0 Å². The van der Waals surface area contributed by atoms with Crippen molar-refractivity contribution >= 4 is 5.91 Å². The molecule has 6 nitrogen and oxygen atoms in total. The van der Waals surface area contributed by atoms with E-state index in [1.807, 2.05) is 36.4 Å².